The SMILES string of the molecule is Cc1cc(-c2cnn(-c3ccccn3)c2)cc2cc(C(=O)O)oc12. The summed E-state index contributed by atoms with van der Waals surface area (Å²) in [6, 6.07) is 11.0. The van der Waals surface area contributed by atoms with Crippen LogP contribution >= 0.6 is 0 Å². The van der Waals surface area contributed by atoms with Crippen molar-refractivity contribution in [2.75, 3.05) is 0 Å². The molecule has 6 heteroatoms. The summed E-state index contributed by atoms with van der Waals surface area (Å²) in [6.45, 7) is 1.89. The van der Waals surface area contributed by atoms with Crippen molar-refractivity contribution in [1.82, 2.24) is 14.8 Å². The minimum Gasteiger partial charge on any atom is -0.475 e. The molecule has 0 saturated heterocycles. The molecule has 0 saturated carbocycles. The van der Waals surface area contributed by atoms with Gasteiger partial charge in [-0.3, -0.25) is 0 Å². The molecule has 4 aromatic rings. The Balaban J connectivity index is 1.79. The normalized spacial score (nSPS) is 11.0. The Bertz CT molecular complexity index is 1050. The lowest BCUT2D eigenvalue weighted by Crippen LogP contribution is -1.95. The summed E-state index contributed by atoms with van der Waals surface area (Å²) < 4.78 is 7.10. The molecule has 0 atom stereocenters. The second-order valence-corrected chi connectivity index (χ2v) is 5.49. The van der Waals surface area contributed by atoms with Gasteiger partial charge in [0.05, 0.1) is 6.20 Å². The van der Waals surface area contributed by atoms with Crippen molar-refractivity contribution in [3.63, 3.8) is 0 Å². The highest BCUT2D eigenvalue weighted by atomic mass is 16.4. The second-order valence-electron chi connectivity index (χ2n) is 5.49. The van der Waals surface area contributed by atoms with Gasteiger partial charge in [-0.15, -0.1) is 0 Å². The van der Waals surface area contributed by atoms with Crippen molar-refractivity contribution >= 4 is 16.9 Å². The molecule has 0 aliphatic rings. The van der Waals surface area contributed by atoms with E-state index in [0.29, 0.717) is 5.58 Å². The Kier molecular flexibility index (Phi) is 3.16. The van der Waals surface area contributed by atoms with Gasteiger partial charge in [-0.05, 0) is 48.4 Å². The van der Waals surface area contributed by atoms with Crippen LogP contribution in [0.3, 0.4) is 0 Å². The zero-order chi connectivity index (χ0) is 16.7. The van der Waals surface area contributed by atoms with E-state index in [9.17, 15) is 4.79 Å². The fraction of sp³-hybridized carbons (Fsp3) is 0.0556. The van der Waals surface area contributed by atoms with Crippen LogP contribution in [-0.2, 0) is 0 Å². The average molecular weight is 319 g/mol. The minimum absolute atomic E-state index is 0.0607. The van der Waals surface area contributed by atoms with Crippen LogP contribution < -0.4 is 0 Å². The molecule has 6 nitrogen and oxygen atoms in total. The summed E-state index contributed by atoms with van der Waals surface area (Å²) in [7, 11) is 0. The number of fused-ring (bicyclic) bond motifs is 1. The molecule has 3 heterocycles. The van der Waals surface area contributed by atoms with Gasteiger partial charge in [0.1, 0.15) is 5.58 Å². The predicted octanol–water partition coefficient (Wildman–Crippen LogP) is 3.69. The number of benzene rings is 1. The Labute approximate surface area is 137 Å². The maximum Gasteiger partial charge on any atom is 0.371 e. The lowest BCUT2D eigenvalue weighted by Gasteiger charge is -2.01. The van der Waals surface area contributed by atoms with Crippen molar-refractivity contribution < 1.29 is 14.3 Å². The fourth-order valence-electron chi connectivity index (χ4n) is 2.69. The number of hydrogen-bond acceptors (Lipinski definition) is 4. The average Bonchev–Trinajstić information content (AvgIpc) is 3.23. The topological polar surface area (TPSA) is 81.2 Å². The number of hydrogen-bond donors (Lipinski definition) is 1. The predicted molar refractivity (Wildman–Crippen MR) is 88.3 cm³/mol. The third kappa shape index (κ3) is 2.34. The molecule has 1 aromatic carbocycles. The highest BCUT2D eigenvalue weighted by molar-refractivity contribution is 5.94. The number of nitrogens with zero attached hydrogens (tertiary/aromatic N) is 3. The van der Waals surface area contributed by atoms with Crippen molar-refractivity contribution in [3.05, 3.63) is 66.3 Å². The van der Waals surface area contributed by atoms with Crippen LogP contribution in [0.25, 0.3) is 27.9 Å². The van der Waals surface area contributed by atoms with E-state index in [0.717, 1.165) is 27.9 Å². The number of aromatic carboxylic acids is 1. The molecule has 3 aromatic heterocycles. The standard InChI is InChI=1S/C18H13N3O3/c1-11-6-12(7-13-8-15(18(22)23)24-17(11)13)14-9-20-21(10-14)16-4-2-3-5-19-16/h2-10H,1H3,(H,22,23). The van der Waals surface area contributed by atoms with Crippen molar-refractivity contribution in [3.8, 4) is 16.9 Å². The first-order valence-electron chi connectivity index (χ1n) is 7.36. The number of aromatic nitrogens is 3. The van der Waals surface area contributed by atoms with E-state index in [1.807, 2.05) is 43.5 Å². The molecule has 0 spiro atoms. The molecule has 0 bridgehead atoms. The Hall–Kier alpha value is -3.41. The monoisotopic (exact) mass is 319 g/mol. The van der Waals surface area contributed by atoms with Crippen LogP contribution in [0.4, 0.5) is 0 Å². The highest BCUT2D eigenvalue weighted by Crippen LogP contribution is 2.30. The van der Waals surface area contributed by atoms with Gasteiger partial charge < -0.3 is 9.52 Å². The van der Waals surface area contributed by atoms with Crippen LogP contribution in [0.1, 0.15) is 16.1 Å². The number of pyridine rings is 1. The maximum absolute atomic E-state index is 11.1. The molecule has 0 fully saturated rings. The van der Waals surface area contributed by atoms with Crippen molar-refractivity contribution in [2.24, 2.45) is 0 Å². The van der Waals surface area contributed by atoms with Crippen LogP contribution in [0.5, 0.6) is 0 Å². The number of furan rings is 1. The van der Waals surface area contributed by atoms with Crippen LogP contribution in [0.15, 0.2) is 59.4 Å². The lowest BCUT2D eigenvalue weighted by atomic mass is 10.0. The number of rotatable bonds is 3. The van der Waals surface area contributed by atoms with E-state index in [1.54, 1.807) is 17.1 Å². The van der Waals surface area contributed by atoms with E-state index in [4.69, 9.17) is 9.52 Å². The maximum atomic E-state index is 11.1. The number of aryl methyl sites for hydroxylation is 1. The van der Waals surface area contributed by atoms with Gasteiger partial charge in [0.15, 0.2) is 5.82 Å². The molecule has 0 unspecified atom stereocenters. The molecule has 24 heavy (non-hydrogen) atoms. The van der Waals surface area contributed by atoms with E-state index in [1.165, 1.54) is 6.07 Å². The largest absolute Gasteiger partial charge is 0.475 e. The lowest BCUT2D eigenvalue weighted by molar-refractivity contribution is 0.0665. The minimum atomic E-state index is -1.07. The van der Waals surface area contributed by atoms with E-state index in [-0.39, 0.29) is 5.76 Å². The van der Waals surface area contributed by atoms with Crippen LogP contribution in [0, 0.1) is 6.92 Å². The zero-order valence-electron chi connectivity index (χ0n) is 12.8. The Morgan fingerprint density at radius 2 is 2.08 bits per heavy atom. The van der Waals surface area contributed by atoms with Gasteiger partial charge in [-0.1, -0.05) is 6.07 Å². The highest BCUT2D eigenvalue weighted by Gasteiger charge is 2.14. The van der Waals surface area contributed by atoms with Gasteiger partial charge in [0, 0.05) is 23.3 Å². The van der Waals surface area contributed by atoms with Gasteiger partial charge >= 0.3 is 5.97 Å². The van der Waals surface area contributed by atoms with Crippen LogP contribution in [0.2, 0.25) is 0 Å². The number of carboxylic acids is 1. The van der Waals surface area contributed by atoms with Crippen LogP contribution in [-0.4, -0.2) is 25.8 Å². The van der Waals surface area contributed by atoms with Crippen molar-refractivity contribution in [1.29, 1.82) is 0 Å². The summed E-state index contributed by atoms with van der Waals surface area (Å²) in [5.74, 6) is -0.400. The van der Waals surface area contributed by atoms with Crippen molar-refractivity contribution in [2.45, 2.75) is 6.92 Å². The molecule has 1 N–H and O–H groups in total. The van der Waals surface area contributed by atoms with Gasteiger partial charge in [0.25, 0.3) is 0 Å². The molecule has 4 rings (SSSR count). The summed E-state index contributed by atoms with van der Waals surface area (Å²) in [5, 5.41) is 14.2. The molecule has 0 aliphatic carbocycles. The molecule has 0 amide bonds. The molecular formula is C18H13N3O3. The number of carbonyl (C=O) groups is 1. The van der Waals surface area contributed by atoms with Gasteiger partial charge in [-0.2, -0.15) is 5.10 Å². The van der Waals surface area contributed by atoms with E-state index < -0.39 is 5.97 Å². The Morgan fingerprint density at radius 1 is 1.21 bits per heavy atom. The number of carboxylic acid groups (broad SMARTS) is 1. The van der Waals surface area contributed by atoms with E-state index in [2.05, 4.69) is 10.1 Å². The second kappa shape index (κ2) is 5.34. The Morgan fingerprint density at radius 3 is 2.83 bits per heavy atom. The van der Waals surface area contributed by atoms with Gasteiger partial charge in [-0.25, -0.2) is 14.5 Å². The van der Waals surface area contributed by atoms with Gasteiger partial charge in [0.2, 0.25) is 5.76 Å². The third-order valence-electron chi connectivity index (χ3n) is 3.81. The molecule has 118 valence electrons. The van der Waals surface area contributed by atoms with E-state index >= 15 is 0 Å². The quantitative estimate of drug-likeness (QED) is 0.623. The first kappa shape index (κ1) is 14.2. The zero-order valence-corrected chi connectivity index (χ0v) is 12.8. The first-order valence-corrected chi connectivity index (χ1v) is 7.36. The molecular weight excluding hydrogens is 306 g/mol. The molecule has 0 aliphatic heterocycles. The third-order valence-corrected chi connectivity index (χ3v) is 3.81. The fourth-order valence-corrected chi connectivity index (χ4v) is 2.69. The smallest absolute Gasteiger partial charge is 0.371 e. The summed E-state index contributed by atoms with van der Waals surface area (Å²) in [5.41, 5.74) is 3.33. The summed E-state index contributed by atoms with van der Waals surface area (Å²) in [4.78, 5) is 15.3. The first-order chi connectivity index (χ1) is 11.6. The molecule has 0 radical (unpaired) electrons. The summed E-state index contributed by atoms with van der Waals surface area (Å²) in [6.07, 6.45) is 5.36. The summed E-state index contributed by atoms with van der Waals surface area (Å²) >= 11 is 0.